The second-order valence-electron chi connectivity index (χ2n) is 7.98. The molecule has 0 spiro atoms. The van der Waals surface area contributed by atoms with Crippen LogP contribution in [0.4, 0.5) is 0 Å². The van der Waals surface area contributed by atoms with Crippen molar-refractivity contribution in [2.24, 2.45) is 0 Å². The Morgan fingerprint density at radius 2 is 1.12 bits per heavy atom. The zero-order valence-electron chi connectivity index (χ0n) is 18.5. The topological polar surface area (TPSA) is 66.4 Å². The van der Waals surface area contributed by atoms with Gasteiger partial charge < -0.3 is 0 Å². The van der Waals surface area contributed by atoms with Crippen LogP contribution in [0.3, 0.4) is 0 Å². The van der Waals surface area contributed by atoms with Crippen LogP contribution in [0.15, 0.2) is 131 Å². The molecule has 4 aromatic carbocycles. The number of benzene rings is 4. The van der Waals surface area contributed by atoms with E-state index in [4.69, 9.17) is 11.6 Å². The number of aryl methyl sites for hydroxylation is 1. The quantitative estimate of drug-likeness (QED) is 0.353. The third kappa shape index (κ3) is 4.06. The molecule has 34 heavy (non-hydrogen) atoms. The van der Waals surface area contributed by atoms with Gasteiger partial charge in [0.2, 0.25) is 0 Å². The zero-order valence-corrected chi connectivity index (χ0v) is 21.0. The molecule has 0 saturated carbocycles. The second kappa shape index (κ2) is 9.36. The molecular formula is C27H25ClNO3PS. The van der Waals surface area contributed by atoms with E-state index in [1.807, 2.05) is 97.9 Å². The minimum atomic E-state index is -4.46. The van der Waals surface area contributed by atoms with E-state index in [0.29, 0.717) is 15.9 Å². The number of halogens is 1. The fraction of sp³-hybridized carbons (Fsp3) is 0.0370. The molecule has 0 aliphatic heterocycles. The number of rotatable bonds is 7. The summed E-state index contributed by atoms with van der Waals surface area (Å²) in [7, 11) is -3.91. The van der Waals surface area contributed by atoms with Crippen molar-refractivity contribution < 1.29 is 13.3 Å². The van der Waals surface area contributed by atoms with Crippen LogP contribution in [0.2, 0.25) is 0 Å². The molecule has 4 aromatic rings. The molecule has 0 fully saturated rings. The van der Waals surface area contributed by atoms with Crippen molar-refractivity contribution >= 4 is 44.4 Å². The van der Waals surface area contributed by atoms with Crippen LogP contribution in [0.1, 0.15) is 5.56 Å². The monoisotopic (exact) mass is 509 g/mol. The van der Waals surface area contributed by atoms with Gasteiger partial charge in [-0.3, -0.25) is 0 Å². The number of nitrogens with one attached hydrogen (secondary N) is 1. The van der Waals surface area contributed by atoms with E-state index < -0.39 is 16.9 Å². The predicted molar refractivity (Wildman–Crippen MR) is 143 cm³/mol. The van der Waals surface area contributed by atoms with Crippen molar-refractivity contribution in [3.63, 3.8) is 0 Å². The molecule has 2 N–H and O–H groups in total. The molecule has 0 aliphatic rings. The maximum atomic E-state index is 13.1. The molecule has 0 bridgehead atoms. The van der Waals surface area contributed by atoms with Gasteiger partial charge in [0.1, 0.15) is 0 Å². The average molecular weight is 510 g/mol. The first-order valence-electron chi connectivity index (χ1n) is 10.7. The van der Waals surface area contributed by atoms with Crippen LogP contribution < -0.4 is 20.6 Å². The molecule has 0 amide bonds. The molecule has 0 heterocycles. The van der Waals surface area contributed by atoms with E-state index in [2.05, 4.69) is 4.72 Å². The van der Waals surface area contributed by atoms with Crippen LogP contribution in [0.5, 0.6) is 0 Å². The number of hydrogen-bond donors (Lipinski definition) is 2. The number of hydrogen-bond acceptors (Lipinski definition) is 3. The fourth-order valence-corrected chi connectivity index (χ4v) is 10.2. The summed E-state index contributed by atoms with van der Waals surface area (Å²) in [5, 5.41) is 1.80. The summed E-state index contributed by atoms with van der Waals surface area (Å²) in [5.41, 5.74) is 0.949. The van der Waals surface area contributed by atoms with Crippen molar-refractivity contribution in [3.8, 4) is 0 Å². The predicted octanol–water partition coefficient (Wildman–Crippen LogP) is 4.75. The van der Waals surface area contributed by atoms with Gasteiger partial charge in [-0.2, -0.15) is 0 Å². The van der Waals surface area contributed by atoms with Crippen LogP contribution >= 0.6 is 18.4 Å². The normalized spacial score (nSPS) is 13.6. The Hall–Kier alpha value is -2.95. The Kier molecular flexibility index (Phi) is 6.66. The summed E-state index contributed by atoms with van der Waals surface area (Å²) in [5.74, 6) is 0. The van der Waals surface area contributed by atoms with Crippen LogP contribution in [-0.2, 0) is 10.0 Å². The Morgan fingerprint density at radius 1 is 0.735 bits per heavy atom. The molecule has 0 unspecified atom stereocenters. The second-order valence-corrected chi connectivity index (χ2v) is 14.5. The molecule has 0 atom stereocenters. The van der Waals surface area contributed by atoms with Crippen molar-refractivity contribution in [3.05, 3.63) is 132 Å². The summed E-state index contributed by atoms with van der Waals surface area (Å²) in [4.78, 5) is 13.2. The van der Waals surface area contributed by atoms with Crippen molar-refractivity contribution in [1.29, 1.82) is 0 Å². The molecule has 0 aliphatic carbocycles. The molecule has 0 radical (unpaired) electrons. The van der Waals surface area contributed by atoms with Gasteiger partial charge in [0, 0.05) is 0 Å². The maximum absolute atomic E-state index is 13.1. The third-order valence-electron chi connectivity index (χ3n) is 5.86. The van der Waals surface area contributed by atoms with Gasteiger partial charge in [-0.15, -0.1) is 0 Å². The summed E-state index contributed by atoms with van der Waals surface area (Å²) < 4.78 is 28.5. The van der Waals surface area contributed by atoms with Crippen molar-refractivity contribution in [2.75, 3.05) is 0 Å². The van der Waals surface area contributed by atoms with Crippen LogP contribution in [0, 0.1) is 6.92 Å². The van der Waals surface area contributed by atoms with Gasteiger partial charge in [0.05, 0.1) is 0 Å². The molecule has 174 valence electrons. The van der Waals surface area contributed by atoms with Gasteiger partial charge >= 0.3 is 206 Å². The van der Waals surface area contributed by atoms with Crippen molar-refractivity contribution in [2.45, 2.75) is 11.8 Å². The molecule has 7 heteroatoms. The average Bonchev–Trinajstić information content (AvgIpc) is 2.89. The van der Waals surface area contributed by atoms with Crippen LogP contribution in [-0.4, -0.2) is 13.3 Å². The van der Waals surface area contributed by atoms with E-state index in [9.17, 15) is 13.3 Å². The van der Waals surface area contributed by atoms with E-state index in [1.165, 1.54) is 18.3 Å². The molecular weight excluding hydrogens is 485 g/mol. The molecule has 4 rings (SSSR count). The summed E-state index contributed by atoms with van der Waals surface area (Å²) in [6.07, 6.45) is 1.21. The van der Waals surface area contributed by atoms with Gasteiger partial charge in [-0.25, -0.2) is 0 Å². The van der Waals surface area contributed by atoms with Gasteiger partial charge in [-0.05, 0) is 0 Å². The first kappa shape index (κ1) is 24.2. The summed E-state index contributed by atoms with van der Waals surface area (Å²) in [6, 6.07) is 34.0. The van der Waals surface area contributed by atoms with Gasteiger partial charge in [0.15, 0.2) is 0 Å². The Balaban J connectivity index is 1.97. The van der Waals surface area contributed by atoms with E-state index >= 15 is 0 Å². The van der Waals surface area contributed by atoms with Gasteiger partial charge in [0.25, 0.3) is 0 Å². The first-order chi connectivity index (χ1) is 16.3. The zero-order chi connectivity index (χ0) is 24.3. The Labute approximate surface area is 205 Å². The first-order valence-corrected chi connectivity index (χ1v) is 14.7. The van der Waals surface area contributed by atoms with E-state index in [1.54, 1.807) is 12.1 Å². The minimum absolute atomic E-state index is 0.00490. The number of sulfonamides is 1. The molecule has 0 aromatic heterocycles. The SMILES string of the molecule is Cc1ccc(S(=O)(=O)N/C=C(\Cl)P(O)(c2ccccc2)(c2ccccc2)c2ccccc2)cc1. The Bertz CT molecular complexity index is 1310. The molecule has 4 nitrogen and oxygen atoms in total. The van der Waals surface area contributed by atoms with Crippen LogP contribution in [0.25, 0.3) is 0 Å². The van der Waals surface area contributed by atoms with Gasteiger partial charge in [-0.1, -0.05) is 0 Å². The fourth-order valence-electron chi connectivity index (χ4n) is 4.01. The standard InChI is InChI=1S/C27H25ClNO3PS/c1-22-17-19-26(20-18-22)34(31,32)29-21-27(28)33(30,23-11-5-2-6-12-23,24-13-7-3-8-14-24)25-15-9-4-10-16-25/h2-21,29-30H,1H3/b27-21+. The summed E-state index contributed by atoms with van der Waals surface area (Å²) >= 11 is 7.01. The van der Waals surface area contributed by atoms with E-state index in [0.717, 1.165) is 5.56 Å². The third-order valence-corrected chi connectivity index (χ3v) is 13.1. The van der Waals surface area contributed by atoms with E-state index in [-0.39, 0.29) is 9.67 Å². The Morgan fingerprint density at radius 3 is 1.50 bits per heavy atom. The molecule has 0 saturated heterocycles. The summed E-state index contributed by atoms with van der Waals surface area (Å²) in [6.45, 7) is -2.58. The van der Waals surface area contributed by atoms with Crippen molar-refractivity contribution in [1.82, 2.24) is 4.72 Å².